The Hall–Kier alpha value is -5.95. The van der Waals surface area contributed by atoms with Gasteiger partial charge in [0, 0.05) is 53.2 Å². The lowest BCUT2D eigenvalue weighted by Gasteiger charge is -2.31. The minimum absolute atomic E-state index is 0.177. The van der Waals surface area contributed by atoms with Crippen molar-refractivity contribution in [1.82, 2.24) is 14.9 Å². The predicted molar refractivity (Wildman–Crippen MR) is 203 cm³/mol. The van der Waals surface area contributed by atoms with Crippen molar-refractivity contribution in [3.63, 3.8) is 0 Å². The lowest BCUT2D eigenvalue weighted by molar-refractivity contribution is 0.0334. The number of para-hydroxylation sites is 1. The molecular weight excluding hydrogens is 700 g/mol. The van der Waals surface area contributed by atoms with Crippen LogP contribution in [-0.4, -0.2) is 56.9 Å². The Morgan fingerprint density at radius 2 is 1.83 bits per heavy atom. The molecule has 0 radical (unpaired) electrons. The summed E-state index contributed by atoms with van der Waals surface area (Å²) in [6.07, 6.45) is 3.82. The molecule has 0 spiro atoms. The molecule has 1 aliphatic heterocycles. The van der Waals surface area contributed by atoms with Crippen LogP contribution in [-0.2, 0) is 25.1 Å². The molecule has 1 N–H and O–H groups in total. The number of pyridine rings is 1. The summed E-state index contributed by atoms with van der Waals surface area (Å²) in [5.41, 5.74) is 4.78. The summed E-state index contributed by atoms with van der Waals surface area (Å²) in [4.78, 5) is 32.4. The Labute approximate surface area is 305 Å². The third-order valence-corrected chi connectivity index (χ3v) is 10.7. The molecule has 0 saturated heterocycles. The number of sulfonamides is 1. The number of anilines is 1. The Bertz CT molecular complexity index is 2620. The number of benzene rings is 3. The summed E-state index contributed by atoms with van der Waals surface area (Å²) in [7, 11) is -0.924. The van der Waals surface area contributed by atoms with Crippen LogP contribution in [0, 0.1) is 12.7 Å². The molecule has 3 aromatic carbocycles. The van der Waals surface area contributed by atoms with Crippen LogP contribution in [0.1, 0.15) is 47.8 Å². The van der Waals surface area contributed by atoms with Crippen LogP contribution >= 0.6 is 0 Å². The Kier molecular flexibility index (Phi) is 8.64. The van der Waals surface area contributed by atoms with Crippen LogP contribution in [0.15, 0.2) is 77.4 Å². The molecule has 53 heavy (non-hydrogen) atoms. The molecule has 0 unspecified atom stereocenters. The van der Waals surface area contributed by atoms with Crippen molar-refractivity contribution >= 4 is 55.7 Å². The fraction of sp³-hybridized carbons (Fsp3) is 0.225. The van der Waals surface area contributed by atoms with E-state index in [1.165, 1.54) is 42.9 Å². The summed E-state index contributed by atoms with van der Waals surface area (Å²) in [6, 6.07) is 18.1. The summed E-state index contributed by atoms with van der Waals surface area (Å²) in [5, 5.41) is 3.89. The van der Waals surface area contributed by atoms with Crippen molar-refractivity contribution in [2.24, 2.45) is 0 Å². The van der Waals surface area contributed by atoms with E-state index in [4.69, 9.17) is 18.9 Å². The van der Waals surface area contributed by atoms with Gasteiger partial charge in [0.25, 0.3) is 5.91 Å². The van der Waals surface area contributed by atoms with Crippen molar-refractivity contribution in [3.8, 4) is 34.0 Å². The number of ether oxygens (including phenoxy) is 2. The van der Waals surface area contributed by atoms with Crippen LogP contribution in [0.25, 0.3) is 61.9 Å². The van der Waals surface area contributed by atoms with E-state index in [2.05, 4.69) is 5.32 Å². The molecule has 0 atom stereocenters. The monoisotopic (exact) mass is 736 g/mol. The SMILES string of the molecule is CCOC=Cc1ccc(-c2cc3c(C(=O)NC)c(-c4ccc(F)cc4)oc3cc2N(C)S(C)(=O)=O)nc1-c1c(C)c2cccc3c2n1C(=O)OC3(C)C. The average molecular weight is 737 g/mol. The standard InChI is InChI=1S/C40H37FN4O7S/c1-8-50-19-18-23-14-17-30(43-34(23)35-22(2)26-10-9-11-29-36(26)45(35)39(47)52-40(29,3)4)27-20-28-32(21-31(27)44(6)53(7,48)49)51-37(33(28)38(46)42-5)24-12-15-25(41)16-13-24/h9-21H,8H2,1-7H3,(H,42,46). The number of nitrogens with zero attached hydrogens (tertiary/aromatic N) is 3. The van der Waals surface area contributed by atoms with Gasteiger partial charge in [-0.1, -0.05) is 24.3 Å². The first-order valence-corrected chi connectivity index (χ1v) is 18.7. The zero-order valence-electron chi connectivity index (χ0n) is 30.2. The maximum Gasteiger partial charge on any atom is 0.419 e. The average Bonchev–Trinajstić information content (AvgIpc) is 3.64. The maximum absolute atomic E-state index is 13.9. The minimum atomic E-state index is -3.82. The summed E-state index contributed by atoms with van der Waals surface area (Å²) in [6.45, 7) is 7.91. The number of hydrogen-bond acceptors (Lipinski definition) is 8. The highest BCUT2D eigenvalue weighted by Crippen LogP contribution is 2.45. The molecule has 4 heterocycles. The van der Waals surface area contributed by atoms with Crippen molar-refractivity contribution in [3.05, 3.63) is 101 Å². The number of carbonyl (C=O) groups excluding carboxylic acids is 2. The van der Waals surface area contributed by atoms with Crippen LogP contribution in [0.3, 0.4) is 0 Å². The highest BCUT2D eigenvalue weighted by molar-refractivity contribution is 7.92. The third-order valence-electron chi connectivity index (χ3n) is 9.56. The highest BCUT2D eigenvalue weighted by Gasteiger charge is 2.38. The molecule has 0 aliphatic carbocycles. The third kappa shape index (κ3) is 5.90. The number of aryl methyl sites for hydroxylation is 1. The quantitative estimate of drug-likeness (QED) is 0.147. The van der Waals surface area contributed by atoms with Crippen molar-refractivity contribution in [2.75, 3.05) is 31.3 Å². The molecule has 11 nitrogen and oxygen atoms in total. The Morgan fingerprint density at radius 3 is 2.51 bits per heavy atom. The van der Waals surface area contributed by atoms with E-state index in [0.29, 0.717) is 51.3 Å². The van der Waals surface area contributed by atoms with Crippen LogP contribution < -0.4 is 9.62 Å². The van der Waals surface area contributed by atoms with Gasteiger partial charge in [0.1, 0.15) is 22.8 Å². The van der Waals surface area contributed by atoms with Crippen LogP contribution in [0.2, 0.25) is 0 Å². The number of furan rings is 1. The van der Waals surface area contributed by atoms with Crippen molar-refractivity contribution in [2.45, 2.75) is 33.3 Å². The number of carbonyl (C=O) groups is 2. The summed E-state index contributed by atoms with van der Waals surface area (Å²) < 4.78 is 60.4. The second kappa shape index (κ2) is 12.9. The lowest BCUT2D eigenvalue weighted by Crippen LogP contribution is -2.33. The van der Waals surface area contributed by atoms with Gasteiger partial charge in [-0.05, 0) is 75.7 Å². The van der Waals surface area contributed by atoms with E-state index in [1.54, 1.807) is 30.5 Å². The van der Waals surface area contributed by atoms with E-state index in [9.17, 15) is 22.4 Å². The van der Waals surface area contributed by atoms with Gasteiger partial charge in [-0.2, -0.15) is 0 Å². The van der Waals surface area contributed by atoms with Gasteiger partial charge in [0.05, 0.1) is 53.0 Å². The molecule has 272 valence electrons. The molecule has 1 amide bonds. The van der Waals surface area contributed by atoms with Gasteiger partial charge >= 0.3 is 6.09 Å². The molecule has 0 saturated carbocycles. The number of halogens is 1. The molecule has 0 fully saturated rings. The minimum Gasteiger partial charge on any atom is -0.501 e. The second-order valence-corrected chi connectivity index (χ2v) is 15.3. The van der Waals surface area contributed by atoms with E-state index < -0.39 is 33.4 Å². The number of rotatable bonds is 9. The predicted octanol–water partition coefficient (Wildman–Crippen LogP) is 8.23. The van der Waals surface area contributed by atoms with E-state index in [0.717, 1.165) is 27.1 Å². The van der Waals surface area contributed by atoms with Gasteiger partial charge in [-0.3, -0.25) is 9.10 Å². The van der Waals surface area contributed by atoms with Crippen LogP contribution in [0.4, 0.5) is 14.9 Å². The number of cyclic esters (lactones) is 1. The smallest absolute Gasteiger partial charge is 0.419 e. The van der Waals surface area contributed by atoms with Gasteiger partial charge < -0.3 is 19.2 Å². The largest absolute Gasteiger partial charge is 0.501 e. The molecule has 6 aromatic rings. The first-order valence-electron chi connectivity index (χ1n) is 16.9. The number of amides is 1. The highest BCUT2D eigenvalue weighted by atomic mass is 32.2. The Balaban J connectivity index is 1.56. The van der Waals surface area contributed by atoms with Crippen molar-refractivity contribution in [1.29, 1.82) is 0 Å². The first kappa shape index (κ1) is 35.5. The van der Waals surface area contributed by atoms with Gasteiger partial charge in [-0.15, -0.1) is 0 Å². The first-order chi connectivity index (χ1) is 25.2. The second-order valence-electron chi connectivity index (χ2n) is 13.3. The van der Waals surface area contributed by atoms with Gasteiger partial charge in [0.15, 0.2) is 0 Å². The molecule has 7 rings (SSSR count). The molecule has 3 aromatic heterocycles. The molecular formula is C40H37FN4O7S. The summed E-state index contributed by atoms with van der Waals surface area (Å²) >= 11 is 0. The normalized spacial score (nSPS) is 13.8. The topological polar surface area (TPSA) is 133 Å². The van der Waals surface area contributed by atoms with E-state index in [-0.39, 0.29) is 22.6 Å². The summed E-state index contributed by atoms with van der Waals surface area (Å²) in [5.74, 6) is -0.739. The zero-order chi connectivity index (χ0) is 38.0. The fourth-order valence-corrected chi connectivity index (χ4v) is 7.37. The van der Waals surface area contributed by atoms with Gasteiger partial charge in [-0.25, -0.2) is 27.2 Å². The molecule has 0 bridgehead atoms. The Morgan fingerprint density at radius 1 is 1.09 bits per heavy atom. The number of aromatic nitrogens is 2. The number of hydrogen-bond donors (Lipinski definition) is 1. The zero-order valence-corrected chi connectivity index (χ0v) is 31.0. The number of fused-ring (bicyclic) bond motifs is 1. The maximum atomic E-state index is 13.9. The van der Waals surface area contributed by atoms with Crippen molar-refractivity contribution < 1.29 is 36.3 Å². The fourth-order valence-electron chi connectivity index (χ4n) is 6.86. The lowest BCUT2D eigenvalue weighted by atomic mass is 9.94. The van der Waals surface area contributed by atoms with Gasteiger partial charge in [0.2, 0.25) is 10.0 Å². The van der Waals surface area contributed by atoms with Crippen LogP contribution in [0.5, 0.6) is 0 Å². The van der Waals surface area contributed by atoms with E-state index >= 15 is 0 Å². The molecule has 1 aliphatic rings. The molecule has 13 heteroatoms. The van der Waals surface area contributed by atoms with E-state index in [1.807, 2.05) is 52.0 Å². The number of nitrogens with one attached hydrogen (secondary N) is 1.